The minimum atomic E-state index is -0.352. The van der Waals surface area contributed by atoms with E-state index in [2.05, 4.69) is 9.88 Å². The van der Waals surface area contributed by atoms with Gasteiger partial charge in [-0.25, -0.2) is 9.37 Å². The second kappa shape index (κ2) is 6.51. The number of pyridine rings is 1. The Balaban J connectivity index is 1.48. The minimum Gasteiger partial charge on any atom is -0.485 e. The summed E-state index contributed by atoms with van der Waals surface area (Å²) in [6.45, 7) is 4.81. The van der Waals surface area contributed by atoms with Crippen molar-refractivity contribution in [2.24, 2.45) is 0 Å². The summed E-state index contributed by atoms with van der Waals surface area (Å²) < 4.78 is 24.2. The number of anilines is 1. The first kappa shape index (κ1) is 16.1. The van der Waals surface area contributed by atoms with Crippen molar-refractivity contribution in [3.05, 3.63) is 34.4 Å². The number of nitrogens with zero attached hydrogens (tertiary/aromatic N) is 3. The molecule has 2 aromatic heterocycles. The van der Waals surface area contributed by atoms with E-state index >= 15 is 0 Å². The topological polar surface area (TPSA) is 54.9 Å². The molecule has 1 amide bonds. The molecule has 0 spiro atoms. The molecule has 1 unspecified atom stereocenters. The highest BCUT2D eigenvalue weighted by atomic mass is 32.1. The van der Waals surface area contributed by atoms with Crippen LogP contribution < -0.4 is 14.4 Å². The molecular weight excluding hydrogens is 345 g/mol. The Labute approximate surface area is 148 Å². The monoisotopic (exact) mass is 363 g/mol. The van der Waals surface area contributed by atoms with Crippen LogP contribution in [0.25, 0.3) is 0 Å². The molecule has 132 valence electrons. The summed E-state index contributed by atoms with van der Waals surface area (Å²) in [5.74, 6) is 1.56. The zero-order chi connectivity index (χ0) is 17.4. The summed E-state index contributed by atoms with van der Waals surface area (Å²) >= 11 is 1.36. The average molecular weight is 363 g/mol. The van der Waals surface area contributed by atoms with Crippen molar-refractivity contribution in [3.63, 3.8) is 0 Å². The molecule has 0 bridgehead atoms. The third-order valence-electron chi connectivity index (χ3n) is 4.42. The van der Waals surface area contributed by atoms with Gasteiger partial charge in [-0.2, -0.15) is 0 Å². The molecule has 25 heavy (non-hydrogen) atoms. The van der Waals surface area contributed by atoms with Crippen LogP contribution in [0.5, 0.6) is 11.5 Å². The number of hydrogen-bond acceptors (Lipinski definition) is 6. The standard InChI is InChI=1S/C17H18FN3O3S/c1-11-9-20(4-5-21(11)14-3-2-12(18)8-19-14)17(22)16-15-13(10-25-16)23-6-7-24-15/h2-3,8,10-11H,4-7,9H2,1H3. The fourth-order valence-electron chi connectivity index (χ4n) is 3.17. The maximum absolute atomic E-state index is 13.1. The zero-order valence-corrected chi connectivity index (χ0v) is 14.6. The van der Waals surface area contributed by atoms with E-state index in [4.69, 9.17) is 9.47 Å². The van der Waals surface area contributed by atoms with Crippen molar-refractivity contribution in [2.75, 3.05) is 37.7 Å². The van der Waals surface area contributed by atoms with Gasteiger partial charge in [0.25, 0.3) is 5.91 Å². The maximum Gasteiger partial charge on any atom is 0.268 e. The fraction of sp³-hybridized carbons (Fsp3) is 0.412. The lowest BCUT2D eigenvalue weighted by Gasteiger charge is -2.40. The molecule has 1 atom stereocenters. The van der Waals surface area contributed by atoms with E-state index in [-0.39, 0.29) is 17.8 Å². The largest absolute Gasteiger partial charge is 0.485 e. The van der Waals surface area contributed by atoms with Crippen LogP contribution in [0.3, 0.4) is 0 Å². The summed E-state index contributed by atoms with van der Waals surface area (Å²) in [4.78, 5) is 21.5. The smallest absolute Gasteiger partial charge is 0.268 e. The molecule has 0 aromatic carbocycles. The van der Waals surface area contributed by atoms with Gasteiger partial charge < -0.3 is 19.3 Å². The lowest BCUT2D eigenvalue weighted by molar-refractivity contribution is 0.0722. The fourth-order valence-corrected chi connectivity index (χ4v) is 4.07. The highest BCUT2D eigenvalue weighted by Gasteiger charge is 2.32. The van der Waals surface area contributed by atoms with Crippen LogP contribution in [0.1, 0.15) is 16.6 Å². The summed E-state index contributed by atoms with van der Waals surface area (Å²) in [5.41, 5.74) is 0. The quantitative estimate of drug-likeness (QED) is 0.820. The van der Waals surface area contributed by atoms with Crippen molar-refractivity contribution in [3.8, 4) is 11.5 Å². The maximum atomic E-state index is 13.1. The van der Waals surface area contributed by atoms with E-state index in [0.717, 1.165) is 5.82 Å². The molecule has 2 aliphatic heterocycles. The molecule has 0 aliphatic carbocycles. The Morgan fingerprint density at radius 2 is 2.16 bits per heavy atom. The van der Waals surface area contributed by atoms with Crippen LogP contribution in [-0.2, 0) is 0 Å². The molecular formula is C17H18FN3O3S. The van der Waals surface area contributed by atoms with Crippen LogP contribution in [0.4, 0.5) is 10.2 Å². The van der Waals surface area contributed by atoms with E-state index in [1.165, 1.54) is 23.6 Å². The Hall–Kier alpha value is -2.35. The normalized spacial score (nSPS) is 19.8. The lowest BCUT2D eigenvalue weighted by Crippen LogP contribution is -2.54. The molecule has 8 heteroatoms. The Morgan fingerprint density at radius 1 is 1.32 bits per heavy atom. The second-order valence-electron chi connectivity index (χ2n) is 6.08. The summed E-state index contributed by atoms with van der Waals surface area (Å²) in [7, 11) is 0. The molecule has 0 saturated carbocycles. The first-order valence-corrected chi connectivity index (χ1v) is 9.06. The number of hydrogen-bond donors (Lipinski definition) is 0. The van der Waals surface area contributed by atoms with Gasteiger partial charge in [0, 0.05) is 31.1 Å². The first-order chi connectivity index (χ1) is 12.1. The average Bonchev–Trinajstić information content (AvgIpc) is 3.06. The van der Waals surface area contributed by atoms with Crippen molar-refractivity contribution in [1.82, 2.24) is 9.88 Å². The number of ether oxygens (including phenoxy) is 2. The number of halogens is 1. The molecule has 4 heterocycles. The third kappa shape index (κ3) is 3.02. The Bertz CT molecular complexity index is 780. The van der Waals surface area contributed by atoms with Crippen LogP contribution in [-0.4, -0.2) is 54.7 Å². The SMILES string of the molecule is CC1CN(C(=O)c2scc3c2OCCO3)CCN1c1ccc(F)cn1. The minimum absolute atomic E-state index is 0.0321. The van der Waals surface area contributed by atoms with Gasteiger partial charge >= 0.3 is 0 Å². The van der Waals surface area contributed by atoms with Gasteiger partial charge in [0.15, 0.2) is 11.5 Å². The molecule has 2 aliphatic rings. The van der Waals surface area contributed by atoms with Crippen LogP contribution in [0.15, 0.2) is 23.7 Å². The molecule has 6 nitrogen and oxygen atoms in total. The van der Waals surface area contributed by atoms with Gasteiger partial charge in [0.1, 0.15) is 29.7 Å². The first-order valence-electron chi connectivity index (χ1n) is 8.18. The van der Waals surface area contributed by atoms with E-state index in [1.54, 1.807) is 6.07 Å². The van der Waals surface area contributed by atoms with Gasteiger partial charge in [-0.3, -0.25) is 4.79 Å². The molecule has 0 N–H and O–H groups in total. The second-order valence-corrected chi connectivity index (χ2v) is 6.96. The van der Waals surface area contributed by atoms with Crippen molar-refractivity contribution in [2.45, 2.75) is 13.0 Å². The number of fused-ring (bicyclic) bond motifs is 1. The van der Waals surface area contributed by atoms with E-state index in [1.807, 2.05) is 17.2 Å². The molecule has 0 radical (unpaired) electrons. The Kier molecular flexibility index (Phi) is 4.20. The number of carbonyl (C=O) groups excluding carboxylic acids is 1. The van der Waals surface area contributed by atoms with Crippen molar-refractivity contribution in [1.29, 1.82) is 0 Å². The third-order valence-corrected chi connectivity index (χ3v) is 5.34. The van der Waals surface area contributed by atoms with Crippen LogP contribution in [0, 0.1) is 5.82 Å². The number of rotatable bonds is 2. The van der Waals surface area contributed by atoms with Crippen LogP contribution >= 0.6 is 11.3 Å². The van der Waals surface area contributed by atoms with E-state index in [0.29, 0.717) is 49.2 Å². The molecule has 4 rings (SSSR count). The molecule has 1 saturated heterocycles. The summed E-state index contributed by atoms with van der Waals surface area (Å²) in [6, 6.07) is 3.16. The highest BCUT2D eigenvalue weighted by Crippen LogP contribution is 2.40. The number of thiophene rings is 1. The van der Waals surface area contributed by atoms with Crippen molar-refractivity contribution < 1.29 is 18.7 Å². The highest BCUT2D eigenvalue weighted by molar-refractivity contribution is 7.12. The van der Waals surface area contributed by atoms with E-state index in [9.17, 15) is 9.18 Å². The van der Waals surface area contributed by atoms with Gasteiger partial charge in [-0.1, -0.05) is 0 Å². The van der Waals surface area contributed by atoms with Crippen LogP contribution in [0.2, 0.25) is 0 Å². The molecule has 2 aromatic rings. The summed E-state index contributed by atoms with van der Waals surface area (Å²) in [5, 5.41) is 1.82. The number of aromatic nitrogens is 1. The molecule has 1 fully saturated rings. The summed E-state index contributed by atoms with van der Waals surface area (Å²) in [6.07, 6.45) is 1.22. The number of carbonyl (C=O) groups is 1. The van der Waals surface area contributed by atoms with Gasteiger partial charge in [-0.15, -0.1) is 11.3 Å². The Morgan fingerprint density at radius 3 is 2.92 bits per heavy atom. The number of amides is 1. The lowest BCUT2D eigenvalue weighted by atomic mass is 10.1. The predicted octanol–water partition coefficient (Wildman–Crippen LogP) is 2.40. The van der Waals surface area contributed by atoms with Gasteiger partial charge in [-0.05, 0) is 19.1 Å². The predicted molar refractivity (Wildman–Crippen MR) is 92.2 cm³/mol. The van der Waals surface area contributed by atoms with Gasteiger partial charge in [0.2, 0.25) is 0 Å². The zero-order valence-electron chi connectivity index (χ0n) is 13.8. The van der Waals surface area contributed by atoms with E-state index < -0.39 is 0 Å². The van der Waals surface area contributed by atoms with Crippen molar-refractivity contribution >= 4 is 23.1 Å². The number of piperazine rings is 1. The van der Waals surface area contributed by atoms with Gasteiger partial charge in [0.05, 0.1) is 6.20 Å².